The smallest absolute Gasteiger partial charge is 0.389 e. The average Bonchev–Trinajstić information content (AvgIpc) is 3.30. The van der Waals surface area contributed by atoms with E-state index in [1.165, 1.54) is 32.0 Å². The number of thiazole rings is 1. The third-order valence-corrected chi connectivity index (χ3v) is 9.86. The second-order valence-electron chi connectivity index (χ2n) is 11.3. The lowest BCUT2D eigenvalue weighted by atomic mass is 9.83. The first-order valence-electron chi connectivity index (χ1n) is 13.4. The summed E-state index contributed by atoms with van der Waals surface area (Å²) < 4.78 is 94.8. The minimum Gasteiger partial charge on any atom is -0.389 e. The number of sulfonamides is 1. The molecule has 1 aliphatic carbocycles. The molecule has 1 aliphatic rings. The number of fused-ring (bicyclic) bond motifs is 1. The first kappa shape index (κ1) is 32.2. The zero-order valence-electron chi connectivity index (χ0n) is 23.2. The standard InChI is InChI=1S/C28H32F5N3O4S2/c1-16(28(31,32)33)36-42(39,40)22-9-8-20(18-6-4-5-7-19(18)22)23-21(14-17-10-12-27(29,30)13-11-17)35-25(41-23)24(37)34-15-26(2,3)38/h4-9,16-17,36,38H,10-15H2,1-3H3,(H,34,37)/t16-/m0/s1. The lowest BCUT2D eigenvalue weighted by Gasteiger charge is -2.28. The summed E-state index contributed by atoms with van der Waals surface area (Å²) in [5, 5.41) is 13.3. The van der Waals surface area contributed by atoms with Gasteiger partial charge in [-0.1, -0.05) is 30.3 Å². The highest BCUT2D eigenvalue weighted by Crippen LogP contribution is 2.42. The quantitative estimate of drug-likeness (QED) is 0.248. The maximum absolute atomic E-state index is 13.8. The van der Waals surface area contributed by atoms with E-state index in [9.17, 15) is 40.3 Å². The molecule has 1 amide bonds. The zero-order valence-corrected chi connectivity index (χ0v) is 24.8. The van der Waals surface area contributed by atoms with Crippen LogP contribution in [0.2, 0.25) is 0 Å². The van der Waals surface area contributed by atoms with Crippen molar-refractivity contribution in [2.24, 2.45) is 5.92 Å². The molecule has 1 saturated carbocycles. The molecule has 0 spiro atoms. The van der Waals surface area contributed by atoms with Gasteiger partial charge in [-0.2, -0.15) is 17.9 Å². The number of nitrogens with zero attached hydrogens (tertiary/aromatic N) is 1. The van der Waals surface area contributed by atoms with E-state index in [4.69, 9.17) is 0 Å². The van der Waals surface area contributed by atoms with Crippen LogP contribution in [0.1, 0.15) is 62.0 Å². The van der Waals surface area contributed by atoms with E-state index in [0.29, 0.717) is 34.9 Å². The van der Waals surface area contributed by atoms with Crippen LogP contribution >= 0.6 is 11.3 Å². The molecule has 0 radical (unpaired) electrons. The maximum atomic E-state index is 13.8. The summed E-state index contributed by atoms with van der Waals surface area (Å²) in [6.07, 6.45) is -4.45. The van der Waals surface area contributed by atoms with Crippen LogP contribution in [0.15, 0.2) is 41.3 Å². The summed E-state index contributed by atoms with van der Waals surface area (Å²) >= 11 is 1.04. The second kappa shape index (κ2) is 11.8. The summed E-state index contributed by atoms with van der Waals surface area (Å²) in [5.41, 5.74) is -0.196. The Morgan fingerprint density at radius 2 is 1.74 bits per heavy atom. The molecule has 0 saturated heterocycles. The van der Waals surface area contributed by atoms with Crippen molar-refractivity contribution >= 4 is 38.0 Å². The van der Waals surface area contributed by atoms with Crippen LogP contribution in [-0.4, -0.2) is 54.7 Å². The first-order valence-corrected chi connectivity index (χ1v) is 15.7. The van der Waals surface area contributed by atoms with E-state index in [1.807, 2.05) is 0 Å². The average molecular weight is 634 g/mol. The Labute approximate surface area is 244 Å². The molecule has 42 heavy (non-hydrogen) atoms. The molecule has 0 unspecified atom stereocenters. The van der Waals surface area contributed by atoms with Gasteiger partial charge >= 0.3 is 6.18 Å². The minimum atomic E-state index is -4.79. The number of alkyl halides is 5. The molecule has 4 rings (SSSR count). The van der Waals surface area contributed by atoms with Gasteiger partial charge in [-0.3, -0.25) is 4.79 Å². The van der Waals surface area contributed by atoms with Gasteiger partial charge in [0.2, 0.25) is 15.9 Å². The minimum absolute atomic E-state index is 0.0490. The van der Waals surface area contributed by atoms with Gasteiger partial charge in [-0.25, -0.2) is 22.2 Å². The fraction of sp³-hybridized carbons (Fsp3) is 0.500. The molecule has 2 aromatic carbocycles. The second-order valence-corrected chi connectivity index (χ2v) is 14.0. The number of hydrogen-bond donors (Lipinski definition) is 3. The van der Waals surface area contributed by atoms with E-state index in [1.54, 1.807) is 22.9 Å². The number of hydrogen-bond acceptors (Lipinski definition) is 6. The molecule has 1 heterocycles. The zero-order chi connectivity index (χ0) is 31.1. The van der Waals surface area contributed by atoms with Crippen LogP contribution in [0.5, 0.6) is 0 Å². The predicted molar refractivity (Wildman–Crippen MR) is 150 cm³/mol. The number of carbonyl (C=O) groups is 1. The third kappa shape index (κ3) is 7.63. The van der Waals surface area contributed by atoms with E-state index in [-0.39, 0.29) is 53.4 Å². The van der Waals surface area contributed by atoms with Crippen molar-refractivity contribution in [1.82, 2.24) is 15.0 Å². The van der Waals surface area contributed by atoms with Crippen molar-refractivity contribution in [2.45, 2.75) is 81.5 Å². The van der Waals surface area contributed by atoms with Crippen LogP contribution in [-0.2, 0) is 16.4 Å². The van der Waals surface area contributed by atoms with Crippen molar-refractivity contribution in [1.29, 1.82) is 0 Å². The summed E-state index contributed by atoms with van der Waals surface area (Å²) in [6.45, 7) is 3.71. The molecule has 1 atom stereocenters. The summed E-state index contributed by atoms with van der Waals surface area (Å²) in [6, 6.07) is 6.66. The number of aromatic nitrogens is 1. The van der Waals surface area contributed by atoms with Gasteiger partial charge in [0.1, 0.15) is 6.04 Å². The highest BCUT2D eigenvalue weighted by Gasteiger charge is 2.39. The van der Waals surface area contributed by atoms with Gasteiger partial charge in [0, 0.05) is 30.3 Å². The molecule has 7 nitrogen and oxygen atoms in total. The number of benzene rings is 2. The highest BCUT2D eigenvalue weighted by atomic mass is 32.2. The summed E-state index contributed by atoms with van der Waals surface area (Å²) in [5.74, 6) is -3.38. The fourth-order valence-corrected chi connectivity index (χ4v) is 7.30. The number of amides is 1. The Kier molecular flexibility index (Phi) is 9.04. The molecule has 0 aliphatic heterocycles. The topological polar surface area (TPSA) is 108 Å². The summed E-state index contributed by atoms with van der Waals surface area (Å²) in [7, 11) is -4.58. The van der Waals surface area contributed by atoms with E-state index >= 15 is 0 Å². The van der Waals surface area contributed by atoms with Crippen LogP contribution < -0.4 is 10.0 Å². The van der Waals surface area contributed by atoms with Gasteiger partial charge < -0.3 is 10.4 Å². The Bertz CT molecular complexity index is 1560. The molecule has 1 aromatic heterocycles. The third-order valence-electron chi connectivity index (χ3n) is 7.13. The number of carbonyl (C=O) groups excluding carboxylic acids is 1. The highest BCUT2D eigenvalue weighted by molar-refractivity contribution is 7.89. The van der Waals surface area contributed by atoms with E-state index in [0.717, 1.165) is 11.3 Å². The van der Waals surface area contributed by atoms with Gasteiger partial charge in [0.05, 0.1) is 21.1 Å². The molecule has 3 aromatic rings. The van der Waals surface area contributed by atoms with Crippen molar-refractivity contribution in [3.05, 3.63) is 47.1 Å². The van der Waals surface area contributed by atoms with Crippen LogP contribution in [0.3, 0.4) is 0 Å². The first-order chi connectivity index (χ1) is 19.4. The largest absolute Gasteiger partial charge is 0.404 e. The van der Waals surface area contributed by atoms with Gasteiger partial charge in [-0.15, -0.1) is 11.3 Å². The normalized spacial score (nSPS) is 17.4. The molecular weight excluding hydrogens is 601 g/mol. The monoisotopic (exact) mass is 633 g/mol. The van der Waals surface area contributed by atoms with Crippen LogP contribution in [0.25, 0.3) is 21.2 Å². The Morgan fingerprint density at radius 3 is 2.33 bits per heavy atom. The number of aliphatic hydroxyl groups is 1. The molecule has 0 bridgehead atoms. The Balaban J connectivity index is 1.78. The van der Waals surface area contributed by atoms with Crippen molar-refractivity contribution in [3.63, 3.8) is 0 Å². The lowest BCUT2D eigenvalue weighted by Crippen LogP contribution is -2.43. The number of nitrogens with one attached hydrogen (secondary N) is 2. The number of rotatable bonds is 9. The fourth-order valence-electron chi connectivity index (χ4n) is 4.81. The molecular formula is C28H32F5N3O4S2. The molecule has 14 heteroatoms. The molecule has 230 valence electrons. The van der Waals surface area contributed by atoms with Gasteiger partial charge in [-0.05, 0) is 57.4 Å². The lowest BCUT2D eigenvalue weighted by molar-refractivity contribution is -0.147. The van der Waals surface area contributed by atoms with Gasteiger partial charge in [0.15, 0.2) is 5.01 Å². The van der Waals surface area contributed by atoms with Crippen molar-refractivity contribution in [2.75, 3.05) is 6.54 Å². The van der Waals surface area contributed by atoms with Crippen LogP contribution in [0.4, 0.5) is 22.0 Å². The van der Waals surface area contributed by atoms with Crippen LogP contribution in [0, 0.1) is 5.92 Å². The Morgan fingerprint density at radius 1 is 1.12 bits per heavy atom. The molecule has 1 fully saturated rings. The SMILES string of the molecule is C[C@H](NS(=O)(=O)c1ccc(-c2sc(C(=O)NCC(C)(C)O)nc2CC2CCC(F)(F)CC2)c2ccccc12)C(F)(F)F. The Hall–Kier alpha value is -2.68. The molecule has 3 N–H and O–H groups in total. The predicted octanol–water partition coefficient (Wildman–Crippen LogP) is 6.06. The van der Waals surface area contributed by atoms with E-state index in [2.05, 4.69) is 10.3 Å². The van der Waals surface area contributed by atoms with Crippen molar-refractivity contribution < 1.29 is 40.3 Å². The summed E-state index contributed by atoms with van der Waals surface area (Å²) in [4.78, 5) is 17.7. The maximum Gasteiger partial charge on any atom is 0.404 e. The van der Waals surface area contributed by atoms with Crippen molar-refractivity contribution in [3.8, 4) is 10.4 Å². The van der Waals surface area contributed by atoms with E-state index < -0.39 is 39.7 Å². The van der Waals surface area contributed by atoms with Gasteiger partial charge in [0.25, 0.3) is 5.91 Å². The number of halogens is 5.